The maximum absolute atomic E-state index is 12.2. The number of nitrogens with two attached hydrogens (primary N) is 1. The molecule has 166 valence electrons. The Morgan fingerprint density at radius 1 is 1.16 bits per heavy atom. The average molecular weight is 445 g/mol. The molecule has 0 spiro atoms. The summed E-state index contributed by atoms with van der Waals surface area (Å²) in [6.45, 7) is 6.97. The summed E-state index contributed by atoms with van der Waals surface area (Å²) >= 11 is 1.33. The molecule has 0 unspecified atom stereocenters. The molecule has 0 radical (unpaired) electrons. The molecule has 1 aromatic carbocycles. The summed E-state index contributed by atoms with van der Waals surface area (Å²) in [5, 5.41) is 11.3. The van der Waals surface area contributed by atoms with Crippen LogP contribution in [0.4, 0.5) is 16.3 Å². The summed E-state index contributed by atoms with van der Waals surface area (Å²) in [6, 6.07) is 7.96. The van der Waals surface area contributed by atoms with Crippen LogP contribution in [0.1, 0.15) is 55.6 Å². The van der Waals surface area contributed by atoms with Gasteiger partial charge in [0.2, 0.25) is 5.16 Å². The molecule has 1 aliphatic rings. The lowest BCUT2D eigenvalue weighted by atomic mass is 9.89. The van der Waals surface area contributed by atoms with Crippen molar-refractivity contribution in [2.45, 2.75) is 50.3 Å². The molecule has 0 atom stereocenters. The number of ether oxygens (including phenoxy) is 1. The maximum Gasteiger partial charge on any atom is 0.410 e. The standard InChI is InChI=1S/C21H28N6O3S/c1-21(2,3)30-20(29)27-11-9-14(10-12-27)13-5-7-15(8-6-13)23-18-16(17(22)28)25-26-19(24-18)31-4/h5-8,14H,9-12H2,1-4H3,(H2,22,28)(H,23,24,26). The molecule has 0 saturated carbocycles. The number of thioether (sulfide) groups is 1. The first kappa shape index (κ1) is 22.8. The van der Waals surface area contributed by atoms with Crippen molar-refractivity contribution in [1.82, 2.24) is 20.1 Å². The number of benzene rings is 1. The molecule has 0 aliphatic carbocycles. The van der Waals surface area contributed by atoms with Crippen molar-refractivity contribution in [3.05, 3.63) is 35.5 Å². The van der Waals surface area contributed by atoms with E-state index >= 15 is 0 Å². The molecule has 3 N–H and O–H groups in total. The normalized spacial score (nSPS) is 14.9. The molecule has 2 heterocycles. The minimum Gasteiger partial charge on any atom is -0.444 e. The van der Waals surface area contributed by atoms with Crippen LogP contribution >= 0.6 is 11.8 Å². The molecular formula is C21H28N6O3S. The smallest absolute Gasteiger partial charge is 0.410 e. The first-order chi connectivity index (χ1) is 14.7. The lowest BCUT2D eigenvalue weighted by molar-refractivity contribution is 0.0204. The Balaban J connectivity index is 1.63. The first-order valence-corrected chi connectivity index (χ1v) is 11.3. The van der Waals surface area contributed by atoms with Crippen LogP contribution in [0.5, 0.6) is 0 Å². The fourth-order valence-corrected chi connectivity index (χ4v) is 3.65. The topological polar surface area (TPSA) is 123 Å². The summed E-state index contributed by atoms with van der Waals surface area (Å²) < 4.78 is 5.46. The van der Waals surface area contributed by atoms with E-state index in [0.717, 1.165) is 18.5 Å². The number of hydrogen-bond donors (Lipinski definition) is 2. The van der Waals surface area contributed by atoms with Gasteiger partial charge in [-0.1, -0.05) is 23.9 Å². The molecule has 1 aromatic heterocycles. The highest BCUT2D eigenvalue weighted by Crippen LogP contribution is 2.30. The second kappa shape index (κ2) is 9.51. The highest BCUT2D eigenvalue weighted by Gasteiger charge is 2.27. The number of anilines is 2. The number of primary amides is 1. The van der Waals surface area contributed by atoms with Crippen molar-refractivity contribution in [2.75, 3.05) is 24.7 Å². The zero-order valence-electron chi connectivity index (χ0n) is 18.2. The van der Waals surface area contributed by atoms with Crippen LogP contribution in [0.2, 0.25) is 0 Å². The van der Waals surface area contributed by atoms with Crippen LogP contribution in [0, 0.1) is 0 Å². The van der Waals surface area contributed by atoms with E-state index in [1.54, 1.807) is 4.90 Å². The van der Waals surface area contributed by atoms with Crippen LogP contribution in [-0.2, 0) is 4.74 Å². The number of carbonyl (C=O) groups excluding carboxylic acids is 2. The monoisotopic (exact) mass is 444 g/mol. The number of aromatic nitrogens is 3. The lowest BCUT2D eigenvalue weighted by Gasteiger charge is -2.33. The number of amides is 2. The van der Waals surface area contributed by atoms with Crippen LogP contribution < -0.4 is 11.1 Å². The molecule has 9 nitrogen and oxygen atoms in total. The van der Waals surface area contributed by atoms with E-state index in [9.17, 15) is 9.59 Å². The van der Waals surface area contributed by atoms with Crippen molar-refractivity contribution in [1.29, 1.82) is 0 Å². The Kier molecular flexibility index (Phi) is 6.99. The molecule has 1 aliphatic heterocycles. The average Bonchev–Trinajstić information content (AvgIpc) is 2.73. The van der Waals surface area contributed by atoms with Gasteiger partial charge in [0, 0.05) is 18.8 Å². The second-order valence-electron chi connectivity index (χ2n) is 8.35. The first-order valence-electron chi connectivity index (χ1n) is 10.1. The van der Waals surface area contributed by atoms with Gasteiger partial charge in [0.1, 0.15) is 5.60 Å². The Labute approximate surface area is 186 Å². The van der Waals surface area contributed by atoms with Gasteiger partial charge in [-0.3, -0.25) is 4.79 Å². The van der Waals surface area contributed by atoms with Gasteiger partial charge < -0.3 is 20.7 Å². The van der Waals surface area contributed by atoms with E-state index in [1.807, 2.05) is 51.3 Å². The SMILES string of the molecule is CSc1nnc(C(N)=O)c(Nc2ccc(C3CCN(C(=O)OC(C)(C)C)CC3)cc2)n1. The van der Waals surface area contributed by atoms with Gasteiger partial charge in [0.15, 0.2) is 11.5 Å². The molecule has 1 fully saturated rings. The van der Waals surface area contributed by atoms with Crippen LogP contribution in [-0.4, -0.2) is 57.0 Å². The molecule has 2 aromatic rings. The van der Waals surface area contributed by atoms with Gasteiger partial charge in [0.25, 0.3) is 5.91 Å². The Bertz CT molecular complexity index is 937. The summed E-state index contributed by atoms with van der Waals surface area (Å²) in [5.41, 5.74) is 6.87. The zero-order valence-corrected chi connectivity index (χ0v) is 19.0. The van der Waals surface area contributed by atoms with E-state index < -0.39 is 11.5 Å². The molecular weight excluding hydrogens is 416 g/mol. The molecule has 2 amide bonds. The van der Waals surface area contributed by atoms with E-state index in [0.29, 0.717) is 24.2 Å². The molecule has 3 rings (SSSR count). The third-order valence-corrected chi connectivity index (χ3v) is 5.41. The molecule has 1 saturated heterocycles. The van der Waals surface area contributed by atoms with Crippen LogP contribution in [0.15, 0.2) is 29.4 Å². The summed E-state index contributed by atoms with van der Waals surface area (Å²) in [6.07, 6.45) is 3.34. The van der Waals surface area contributed by atoms with Gasteiger partial charge in [-0.2, -0.15) is 0 Å². The third-order valence-electron chi connectivity index (χ3n) is 4.87. The highest BCUT2D eigenvalue weighted by molar-refractivity contribution is 7.98. The minimum atomic E-state index is -0.691. The van der Waals surface area contributed by atoms with Gasteiger partial charge >= 0.3 is 6.09 Å². The quantitative estimate of drug-likeness (QED) is 0.671. The third kappa shape index (κ3) is 6.06. The van der Waals surface area contributed by atoms with E-state index in [1.165, 1.54) is 17.3 Å². The second-order valence-corrected chi connectivity index (χ2v) is 9.12. The Morgan fingerprint density at radius 3 is 2.35 bits per heavy atom. The summed E-state index contributed by atoms with van der Waals surface area (Å²) in [5.74, 6) is -0.0356. The Morgan fingerprint density at radius 2 is 1.81 bits per heavy atom. The fraction of sp³-hybridized carbons (Fsp3) is 0.476. The molecule has 10 heteroatoms. The van der Waals surface area contributed by atoms with Crippen LogP contribution in [0.25, 0.3) is 0 Å². The zero-order chi connectivity index (χ0) is 22.6. The van der Waals surface area contributed by atoms with Gasteiger partial charge in [-0.05, 0) is 63.5 Å². The Hall–Kier alpha value is -2.88. The summed E-state index contributed by atoms with van der Waals surface area (Å²) in [4.78, 5) is 29.9. The van der Waals surface area contributed by atoms with Gasteiger partial charge in [0.05, 0.1) is 0 Å². The van der Waals surface area contributed by atoms with E-state index in [2.05, 4.69) is 20.5 Å². The van der Waals surface area contributed by atoms with E-state index in [4.69, 9.17) is 10.5 Å². The van der Waals surface area contributed by atoms with Crippen molar-refractivity contribution >= 4 is 35.3 Å². The van der Waals surface area contributed by atoms with Crippen LogP contribution in [0.3, 0.4) is 0 Å². The van der Waals surface area contributed by atoms with Gasteiger partial charge in [-0.15, -0.1) is 10.2 Å². The largest absolute Gasteiger partial charge is 0.444 e. The van der Waals surface area contributed by atoms with Crippen molar-refractivity contribution < 1.29 is 14.3 Å². The number of nitrogens with zero attached hydrogens (tertiary/aromatic N) is 4. The minimum absolute atomic E-state index is 0.00334. The predicted octanol–water partition coefficient (Wildman–Crippen LogP) is 3.55. The number of piperidine rings is 1. The number of nitrogens with one attached hydrogen (secondary N) is 1. The van der Waals surface area contributed by atoms with Crippen molar-refractivity contribution in [3.63, 3.8) is 0 Å². The predicted molar refractivity (Wildman–Crippen MR) is 120 cm³/mol. The highest BCUT2D eigenvalue weighted by atomic mass is 32.2. The fourth-order valence-electron chi connectivity index (χ4n) is 3.35. The van der Waals surface area contributed by atoms with Gasteiger partial charge in [-0.25, -0.2) is 9.78 Å². The maximum atomic E-state index is 12.2. The number of hydrogen-bond acceptors (Lipinski definition) is 8. The molecule has 0 bridgehead atoms. The molecule has 31 heavy (non-hydrogen) atoms. The van der Waals surface area contributed by atoms with E-state index in [-0.39, 0.29) is 17.6 Å². The van der Waals surface area contributed by atoms with Crippen molar-refractivity contribution in [2.24, 2.45) is 5.73 Å². The van der Waals surface area contributed by atoms with Crippen molar-refractivity contribution in [3.8, 4) is 0 Å². The number of carbonyl (C=O) groups is 2. The number of likely N-dealkylation sites (tertiary alicyclic amines) is 1. The number of rotatable bonds is 5. The summed E-state index contributed by atoms with van der Waals surface area (Å²) in [7, 11) is 0. The lowest BCUT2D eigenvalue weighted by Crippen LogP contribution is -2.41.